The van der Waals surface area contributed by atoms with E-state index < -0.39 is 6.10 Å². The topological polar surface area (TPSA) is 63.6 Å². The number of nitrogens with zero attached hydrogens (tertiary/aromatic N) is 2. The summed E-state index contributed by atoms with van der Waals surface area (Å²) in [6.45, 7) is 1.69. The highest BCUT2D eigenvalue weighted by atomic mass is 16.5. The zero-order valence-electron chi connectivity index (χ0n) is 13.2. The van der Waals surface area contributed by atoms with E-state index in [1.165, 1.54) is 6.21 Å². The van der Waals surface area contributed by atoms with E-state index in [1.54, 1.807) is 25.4 Å². The molecule has 0 aliphatic rings. The largest absolute Gasteiger partial charge is 0.480 e. The van der Waals surface area contributed by atoms with Crippen molar-refractivity contribution in [1.29, 1.82) is 0 Å². The molecule has 0 spiro atoms. The van der Waals surface area contributed by atoms with Gasteiger partial charge in [-0.3, -0.25) is 9.78 Å². The first-order valence-electron chi connectivity index (χ1n) is 7.61. The molecule has 0 saturated carbocycles. The third kappa shape index (κ3) is 3.76. The predicted molar refractivity (Wildman–Crippen MR) is 94.0 cm³/mol. The molecule has 2 aromatic carbocycles. The summed E-state index contributed by atoms with van der Waals surface area (Å²) in [5.41, 5.74) is 3.28. The lowest BCUT2D eigenvalue weighted by atomic mass is 10.1. The molecule has 5 nitrogen and oxygen atoms in total. The first kappa shape index (κ1) is 15.7. The van der Waals surface area contributed by atoms with E-state index >= 15 is 0 Å². The molecule has 1 unspecified atom stereocenters. The fraction of sp³-hybridized carbons (Fsp3) is 0.105. The number of benzene rings is 2. The highest BCUT2D eigenvalue weighted by Crippen LogP contribution is 2.25. The second kappa shape index (κ2) is 7.37. The molecule has 120 valence electrons. The molecule has 0 fully saturated rings. The number of aromatic nitrogens is 1. The van der Waals surface area contributed by atoms with Gasteiger partial charge in [-0.05, 0) is 24.4 Å². The number of hydrogen-bond acceptors (Lipinski definition) is 4. The maximum absolute atomic E-state index is 12.1. The van der Waals surface area contributed by atoms with Crippen molar-refractivity contribution in [1.82, 2.24) is 10.4 Å². The van der Waals surface area contributed by atoms with Crippen LogP contribution in [0.1, 0.15) is 12.5 Å². The maximum Gasteiger partial charge on any atom is 0.280 e. The van der Waals surface area contributed by atoms with Gasteiger partial charge in [0.1, 0.15) is 5.75 Å². The van der Waals surface area contributed by atoms with Gasteiger partial charge in [0.2, 0.25) is 0 Å². The van der Waals surface area contributed by atoms with Crippen LogP contribution in [-0.4, -0.2) is 23.2 Å². The van der Waals surface area contributed by atoms with E-state index in [0.717, 1.165) is 16.3 Å². The van der Waals surface area contributed by atoms with Crippen molar-refractivity contribution in [3.63, 3.8) is 0 Å². The Morgan fingerprint density at radius 3 is 2.83 bits per heavy atom. The monoisotopic (exact) mass is 319 g/mol. The number of hydrogen-bond donors (Lipinski definition) is 1. The van der Waals surface area contributed by atoms with E-state index in [9.17, 15) is 4.79 Å². The molecule has 1 atom stereocenters. The summed E-state index contributed by atoms with van der Waals surface area (Å²) in [5.74, 6) is 0.357. The zero-order chi connectivity index (χ0) is 16.8. The van der Waals surface area contributed by atoms with E-state index in [-0.39, 0.29) is 5.91 Å². The molecule has 24 heavy (non-hydrogen) atoms. The minimum Gasteiger partial charge on any atom is -0.480 e. The van der Waals surface area contributed by atoms with Gasteiger partial charge in [-0.1, -0.05) is 42.5 Å². The Hall–Kier alpha value is -3.21. The second-order valence-corrected chi connectivity index (χ2v) is 5.26. The Morgan fingerprint density at radius 2 is 2.00 bits per heavy atom. The Balaban J connectivity index is 1.64. The number of rotatable bonds is 5. The van der Waals surface area contributed by atoms with Crippen LogP contribution in [0, 0.1) is 0 Å². The fourth-order valence-electron chi connectivity index (χ4n) is 2.26. The predicted octanol–water partition coefficient (Wildman–Crippen LogP) is 3.15. The van der Waals surface area contributed by atoms with Crippen molar-refractivity contribution in [2.24, 2.45) is 5.10 Å². The highest BCUT2D eigenvalue weighted by molar-refractivity contribution is 5.89. The standard InChI is InChI=1S/C19H17N3O2/c1-14(19(23)22-21-13-15-6-5-11-20-12-15)24-18-10-4-8-16-7-2-3-9-17(16)18/h2-14H,1H3,(H,22,23). The van der Waals surface area contributed by atoms with Crippen LogP contribution in [-0.2, 0) is 4.79 Å². The van der Waals surface area contributed by atoms with Crippen molar-refractivity contribution >= 4 is 22.9 Å². The lowest BCUT2D eigenvalue weighted by Crippen LogP contribution is -2.33. The van der Waals surface area contributed by atoms with E-state index in [1.807, 2.05) is 48.5 Å². The van der Waals surface area contributed by atoms with Crippen LogP contribution in [0.4, 0.5) is 0 Å². The third-order valence-corrected chi connectivity index (χ3v) is 3.50. The summed E-state index contributed by atoms with van der Waals surface area (Å²) in [7, 11) is 0. The molecule has 1 amide bonds. The summed E-state index contributed by atoms with van der Waals surface area (Å²) in [5, 5.41) is 5.96. The summed E-state index contributed by atoms with van der Waals surface area (Å²) in [6, 6.07) is 17.3. The van der Waals surface area contributed by atoms with Gasteiger partial charge in [0.25, 0.3) is 5.91 Å². The summed E-state index contributed by atoms with van der Waals surface area (Å²) in [4.78, 5) is 16.1. The Morgan fingerprint density at radius 1 is 1.17 bits per heavy atom. The molecule has 0 aliphatic heterocycles. The van der Waals surface area contributed by atoms with Gasteiger partial charge in [-0.25, -0.2) is 5.43 Å². The van der Waals surface area contributed by atoms with Crippen molar-refractivity contribution in [3.8, 4) is 5.75 Å². The van der Waals surface area contributed by atoms with Crippen LogP contribution in [0.5, 0.6) is 5.75 Å². The average molecular weight is 319 g/mol. The lowest BCUT2D eigenvalue weighted by molar-refractivity contribution is -0.127. The first-order valence-corrected chi connectivity index (χ1v) is 7.61. The quantitative estimate of drug-likeness (QED) is 0.580. The molecular formula is C19H17N3O2. The SMILES string of the molecule is CC(Oc1cccc2ccccc12)C(=O)NN=Cc1cccnc1. The van der Waals surface area contributed by atoms with Gasteiger partial charge >= 0.3 is 0 Å². The summed E-state index contributed by atoms with van der Waals surface area (Å²) >= 11 is 0. The molecule has 3 aromatic rings. The number of nitrogens with one attached hydrogen (secondary N) is 1. The summed E-state index contributed by atoms with van der Waals surface area (Å²) < 4.78 is 5.79. The lowest BCUT2D eigenvalue weighted by Gasteiger charge is -2.14. The van der Waals surface area contributed by atoms with Crippen molar-refractivity contribution in [3.05, 3.63) is 72.6 Å². The van der Waals surface area contributed by atoms with Crippen LogP contribution in [0.15, 0.2) is 72.1 Å². The van der Waals surface area contributed by atoms with E-state index in [4.69, 9.17) is 4.74 Å². The smallest absolute Gasteiger partial charge is 0.280 e. The number of fused-ring (bicyclic) bond motifs is 1. The minimum atomic E-state index is -0.665. The minimum absolute atomic E-state index is 0.317. The number of ether oxygens (including phenoxy) is 1. The van der Waals surface area contributed by atoms with Gasteiger partial charge in [0.15, 0.2) is 6.10 Å². The maximum atomic E-state index is 12.1. The highest BCUT2D eigenvalue weighted by Gasteiger charge is 2.15. The van der Waals surface area contributed by atoms with Crippen LogP contribution in [0.25, 0.3) is 10.8 Å². The number of hydrazone groups is 1. The Kier molecular flexibility index (Phi) is 4.81. The van der Waals surface area contributed by atoms with Gasteiger partial charge in [-0.15, -0.1) is 0 Å². The molecule has 0 saturated heterocycles. The van der Waals surface area contributed by atoms with Crippen molar-refractivity contribution in [2.75, 3.05) is 0 Å². The van der Waals surface area contributed by atoms with E-state index in [0.29, 0.717) is 5.75 Å². The van der Waals surface area contributed by atoms with Crippen molar-refractivity contribution in [2.45, 2.75) is 13.0 Å². The number of pyridine rings is 1. The number of carbonyl (C=O) groups excluding carboxylic acids is 1. The molecule has 5 heteroatoms. The molecule has 0 radical (unpaired) electrons. The molecule has 1 heterocycles. The third-order valence-electron chi connectivity index (χ3n) is 3.50. The first-order chi connectivity index (χ1) is 11.7. The zero-order valence-corrected chi connectivity index (χ0v) is 13.2. The molecular weight excluding hydrogens is 302 g/mol. The van der Waals surface area contributed by atoms with Crippen LogP contribution in [0.3, 0.4) is 0 Å². The van der Waals surface area contributed by atoms with Gasteiger partial charge in [-0.2, -0.15) is 5.10 Å². The van der Waals surface area contributed by atoms with Gasteiger partial charge < -0.3 is 4.74 Å². The average Bonchev–Trinajstić information content (AvgIpc) is 2.63. The van der Waals surface area contributed by atoms with Gasteiger partial charge in [0.05, 0.1) is 6.21 Å². The molecule has 1 aromatic heterocycles. The molecule has 1 N–H and O–H groups in total. The molecule has 0 aliphatic carbocycles. The second-order valence-electron chi connectivity index (χ2n) is 5.26. The number of amides is 1. The summed E-state index contributed by atoms with van der Waals surface area (Å²) in [6.07, 6.45) is 4.21. The van der Waals surface area contributed by atoms with Crippen LogP contribution < -0.4 is 10.2 Å². The molecule has 0 bridgehead atoms. The van der Waals surface area contributed by atoms with Crippen molar-refractivity contribution < 1.29 is 9.53 Å². The van der Waals surface area contributed by atoms with Crippen LogP contribution in [0.2, 0.25) is 0 Å². The van der Waals surface area contributed by atoms with E-state index in [2.05, 4.69) is 15.5 Å². The van der Waals surface area contributed by atoms with Crippen LogP contribution >= 0.6 is 0 Å². The fourth-order valence-corrected chi connectivity index (χ4v) is 2.26. The normalized spacial score (nSPS) is 12.2. The number of carbonyl (C=O) groups is 1. The molecule has 3 rings (SSSR count). The Labute approximate surface area is 140 Å². The van der Waals surface area contributed by atoms with Gasteiger partial charge in [0, 0.05) is 23.3 Å². The Bertz CT molecular complexity index is 857.